The monoisotopic (exact) mass is 165 g/mol. The highest BCUT2D eigenvalue weighted by Crippen LogP contribution is 2.30. The van der Waals surface area contributed by atoms with Crippen LogP contribution in [0.25, 0.3) is 4.98 Å². The van der Waals surface area contributed by atoms with Gasteiger partial charge in [-0.25, -0.2) is 0 Å². The molecule has 0 aliphatic heterocycles. The molecule has 62 valence electrons. The number of hydrogen-bond donors (Lipinski definition) is 0. The molecule has 1 rings (SSSR count). The molecule has 0 atom stereocenters. The second kappa shape index (κ2) is 3.58. The summed E-state index contributed by atoms with van der Waals surface area (Å²) < 4.78 is 9.86. The van der Waals surface area contributed by atoms with Crippen LogP contribution in [0, 0.1) is 5.39 Å². The lowest BCUT2D eigenvalue weighted by Crippen LogP contribution is -1.85. The number of ether oxygens (including phenoxy) is 2. The lowest BCUT2D eigenvalue weighted by atomic mass is 10.3. The lowest BCUT2D eigenvalue weighted by Gasteiger charge is -1.98. The van der Waals surface area contributed by atoms with Crippen LogP contribution < -0.4 is 9.47 Å². The van der Waals surface area contributed by atoms with Gasteiger partial charge < -0.3 is 9.47 Å². The molecule has 0 aromatic heterocycles. The van der Waals surface area contributed by atoms with E-state index < -0.39 is 0 Å². The predicted octanol–water partition coefficient (Wildman–Crippen LogP) is 2.19. The third-order valence-corrected chi connectivity index (χ3v) is 1.49. The summed E-state index contributed by atoms with van der Waals surface area (Å²) in [7, 11) is 3.06. The fourth-order valence-electron chi connectivity index (χ4n) is 0.875. The van der Waals surface area contributed by atoms with Gasteiger partial charge >= 0.3 is 5.69 Å². The van der Waals surface area contributed by atoms with E-state index in [1.165, 1.54) is 7.11 Å². The molecule has 0 saturated heterocycles. The summed E-state index contributed by atoms with van der Waals surface area (Å²) in [6, 6.07) is 4.99. The van der Waals surface area contributed by atoms with Crippen molar-refractivity contribution in [2.24, 2.45) is 0 Å². The Hall–Kier alpha value is -1.76. The third-order valence-electron chi connectivity index (χ3n) is 1.49. The van der Waals surface area contributed by atoms with E-state index in [0.717, 1.165) is 0 Å². The van der Waals surface area contributed by atoms with E-state index in [1.54, 1.807) is 25.3 Å². The van der Waals surface area contributed by atoms with E-state index >= 15 is 0 Å². The van der Waals surface area contributed by atoms with Crippen molar-refractivity contribution in [1.82, 2.24) is 0 Å². The molecule has 0 aliphatic rings. The highest BCUT2D eigenvalue weighted by atomic mass is 16.5. The summed E-state index contributed by atoms with van der Waals surface area (Å²) in [6.45, 7) is 0. The Morgan fingerprint density at radius 3 is 2.50 bits per heavy atom. The molecule has 0 unspecified atom stereocenters. The minimum absolute atomic E-state index is 0.358. The van der Waals surface area contributed by atoms with Crippen LogP contribution in [0.4, 0.5) is 5.69 Å². The predicted molar refractivity (Wildman–Crippen MR) is 44.3 cm³/mol. The summed E-state index contributed by atoms with van der Waals surface area (Å²) in [4.78, 5) is 3.04. The minimum atomic E-state index is 0.358. The van der Waals surface area contributed by atoms with Gasteiger partial charge in [0.25, 0.3) is 0 Å². The molecule has 1 aromatic carbocycles. The van der Waals surface area contributed by atoms with Gasteiger partial charge in [-0.1, -0.05) is 0 Å². The number of nitrogens with zero attached hydrogens (tertiary/aromatic N) is 2. The first kappa shape index (κ1) is 8.34. The highest BCUT2D eigenvalue weighted by Gasteiger charge is 2.14. The summed E-state index contributed by atoms with van der Waals surface area (Å²) in [5.74, 6) is 1.14. The summed E-state index contributed by atoms with van der Waals surface area (Å²) in [5.41, 5.74) is 0.358. The number of diazo groups is 1. The topological polar surface area (TPSA) is 46.6 Å². The van der Waals surface area contributed by atoms with Crippen molar-refractivity contribution in [1.29, 1.82) is 5.39 Å². The Labute approximate surface area is 70.3 Å². The normalized spacial score (nSPS) is 8.75. The largest absolute Gasteiger partial charge is 0.496 e. The lowest BCUT2D eigenvalue weighted by molar-refractivity contribution is 0.405. The molecule has 4 heteroatoms. The van der Waals surface area contributed by atoms with Gasteiger partial charge in [0, 0.05) is 0 Å². The van der Waals surface area contributed by atoms with Gasteiger partial charge in [-0.3, -0.25) is 0 Å². The van der Waals surface area contributed by atoms with Crippen LogP contribution in [0.15, 0.2) is 18.2 Å². The zero-order valence-corrected chi connectivity index (χ0v) is 6.94. The van der Waals surface area contributed by atoms with Crippen molar-refractivity contribution in [3.63, 3.8) is 0 Å². The van der Waals surface area contributed by atoms with Crippen LogP contribution in [0.1, 0.15) is 0 Å². The average molecular weight is 165 g/mol. The van der Waals surface area contributed by atoms with Crippen LogP contribution in [0.5, 0.6) is 11.5 Å². The first-order valence-corrected chi connectivity index (χ1v) is 3.39. The van der Waals surface area contributed by atoms with E-state index in [0.29, 0.717) is 17.2 Å². The van der Waals surface area contributed by atoms with Gasteiger partial charge in [0.1, 0.15) is 5.75 Å². The maximum absolute atomic E-state index is 8.56. The molecule has 0 saturated carbocycles. The van der Waals surface area contributed by atoms with Crippen LogP contribution in [-0.2, 0) is 0 Å². The fraction of sp³-hybridized carbons (Fsp3) is 0.250. The zero-order chi connectivity index (χ0) is 8.97. The van der Waals surface area contributed by atoms with Gasteiger partial charge in [-0.05, 0) is 12.1 Å². The first-order chi connectivity index (χ1) is 5.81. The Morgan fingerprint density at radius 1 is 1.25 bits per heavy atom. The number of hydrogen-bond acceptors (Lipinski definition) is 3. The molecule has 0 bridgehead atoms. The number of benzene rings is 1. The summed E-state index contributed by atoms with van der Waals surface area (Å²) in [6.07, 6.45) is 0. The van der Waals surface area contributed by atoms with Gasteiger partial charge in [-0.2, -0.15) is 0 Å². The average Bonchev–Trinajstić information content (AvgIpc) is 2.16. The van der Waals surface area contributed by atoms with E-state index in [9.17, 15) is 0 Å². The molecular weight excluding hydrogens is 156 g/mol. The molecule has 0 heterocycles. The van der Waals surface area contributed by atoms with Crippen molar-refractivity contribution in [2.75, 3.05) is 14.2 Å². The molecule has 1 aromatic rings. The highest BCUT2D eigenvalue weighted by molar-refractivity contribution is 5.59. The van der Waals surface area contributed by atoms with Gasteiger partial charge in [0.15, 0.2) is 4.98 Å². The van der Waals surface area contributed by atoms with Crippen molar-refractivity contribution < 1.29 is 9.47 Å². The van der Waals surface area contributed by atoms with Gasteiger partial charge in [0.2, 0.25) is 11.1 Å². The number of rotatable bonds is 2. The SMILES string of the molecule is COc1ccc(OC)c([N+]#N)c1. The van der Waals surface area contributed by atoms with E-state index in [4.69, 9.17) is 14.9 Å². The maximum Gasteiger partial charge on any atom is 0.429 e. The molecule has 0 radical (unpaired) electrons. The van der Waals surface area contributed by atoms with Gasteiger partial charge in [-0.15, -0.1) is 0 Å². The van der Waals surface area contributed by atoms with Crippen LogP contribution in [0.3, 0.4) is 0 Å². The molecule has 0 N–H and O–H groups in total. The summed E-state index contributed by atoms with van der Waals surface area (Å²) >= 11 is 0. The second-order valence-electron chi connectivity index (χ2n) is 2.14. The molecule has 0 aliphatic carbocycles. The molecule has 0 spiro atoms. The smallest absolute Gasteiger partial charge is 0.429 e. The standard InChI is InChI=1S/C8H9N2O2/c1-11-6-3-4-8(12-2)7(5-6)10-9/h3-5H,1-2H3/q+1. The van der Waals surface area contributed by atoms with E-state index in [-0.39, 0.29) is 0 Å². The van der Waals surface area contributed by atoms with E-state index in [1.807, 2.05) is 0 Å². The second-order valence-corrected chi connectivity index (χ2v) is 2.14. The molecular formula is C8H9N2O2+. The number of methoxy groups -OCH3 is 2. The zero-order valence-electron chi connectivity index (χ0n) is 6.94. The molecule has 4 nitrogen and oxygen atoms in total. The minimum Gasteiger partial charge on any atom is -0.496 e. The Bertz CT molecular complexity index is 317. The van der Waals surface area contributed by atoms with Crippen molar-refractivity contribution in [3.8, 4) is 11.5 Å². The Balaban J connectivity index is 3.13. The first-order valence-electron chi connectivity index (χ1n) is 3.39. The Kier molecular flexibility index (Phi) is 2.49. The fourth-order valence-corrected chi connectivity index (χ4v) is 0.875. The molecule has 0 fully saturated rings. The van der Waals surface area contributed by atoms with Crippen molar-refractivity contribution in [2.45, 2.75) is 0 Å². The van der Waals surface area contributed by atoms with Crippen LogP contribution >= 0.6 is 0 Å². The Morgan fingerprint density at radius 2 is 2.00 bits per heavy atom. The van der Waals surface area contributed by atoms with Crippen LogP contribution in [-0.4, -0.2) is 14.2 Å². The third kappa shape index (κ3) is 1.45. The summed E-state index contributed by atoms with van der Waals surface area (Å²) in [5, 5.41) is 8.56. The van der Waals surface area contributed by atoms with Gasteiger partial charge in [0.05, 0.1) is 20.3 Å². The van der Waals surface area contributed by atoms with E-state index in [2.05, 4.69) is 4.98 Å². The van der Waals surface area contributed by atoms with Crippen LogP contribution in [0.2, 0.25) is 0 Å². The maximum atomic E-state index is 8.56. The quantitative estimate of drug-likeness (QED) is 0.631. The molecule has 12 heavy (non-hydrogen) atoms. The van der Waals surface area contributed by atoms with Crippen molar-refractivity contribution >= 4 is 5.69 Å². The molecule has 0 amide bonds. The van der Waals surface area contributed by atoms with Crippen molar-refractivity contribution in [3.05, 3.63) is 23.2 Å².